The van der Waals surface area contributed by atoms with Gasteiger partial charge >= 0.3 is 0 Å². The summed E-state index contributed by atoms with van der Waals surface area (Å²) in [5.74, 6) is 0. The van der Waals surface area contributed by atoms with E-state index in [2.05, 4.69) is 47.0 Å². The number of ether oxygens (including phenoxy) is 1. The van der Waals surface area contributed by atoms with Gasteiger partial charge in [0.15, 0.2) is 0 Å². The maximum absolute atomic E-state index is 5.98. The van der Waals surface area contributed by atoms with E-state index in [0.29, 0.717) is 18.7 Å². The summed E-state index contributed by atoms with van der Waals surface area (Å²) in [5, 5.41) is 1.35. The zero-order chi connectivity index (χ0) is 14.8. The second kappa shape index (κ2) is 6.18. The van der Waals surface area contributed by atoms with E-state index in [0.717, 1.165) is 25.9 Å². The van der Waals surface area contributed by atoms with Crippen LogP contribution in [0.3, 0.4) is 0 Å². The second-order valence-electron chi connectivity index (χ2n) is 6.02. The molecular weight excluding hydrogens is 262 g/mol. The van der Waals surface area contributed by atoms with Gasteiger partial charge in [0.2, 0.25) is 0 Å². The molecule has 0 saturated carbocycles. The van der Waals surface area contributed by atoms with Gasteiger partial charge in [-0.05, 0) is 24.5 Å². The number of hydrogen-bond acceptors (Lipinski definition) is 3. The fraction of sp³-hybridized carbons (Fsp3) is 0.529. The average Bonchev–Trinajstić information content (AvgIpc) is 2.84. The van der Waals surface area contributed by atoms with Crippen molar-refractivity contribution in [1.29, 1.82) is 0 Å². The van der Waals surface area contributed by atoms with Crippen LogP contribution in [-0.4, -0.2) is 41.8 Å². The molecule has 1 aromatic carbocycles. The van der Waals surface area contributed by atoms with Gasteiger partial charge in [0, 0.05) is 56.9 Å². The molecule has 21 heavy (non-hydrogen) atoms. The summed E-state index contributed by atoms with van der Waals surface area (Å²) >= 11 is 0. The minimum Gasteiger partial charge on any atom is -0.381 e. The topological polar surface area (TPSA) is 43.4 Å². The van der Waals surface area contributed by atoms with Crippen molar-refractivity contribution >= 4 is 10.9 Å². The highest BCUT2D eigenvalue weighted by molar-refractivity contribution is 5.83. The standard InChI is InChI=1S/C17H25N3O/c1-19-11-13(16-5-3-4-6-17(16)19)12-20-8-7-15(21-2)9-14(20)10-18/h3-6,11,14-15H,7-10,12,18H2,1-2H3. The molecule has 4 heteroatoms. The first-order valence-corrected chi connectivity index (χ1v) is 7.72. The van der Waals surface area contributed by atoms with Gasteiger partial charge in [-0.3, -0.25) is 4.90 Å². The Balaban J connectivity index is 1.81. The molecule has 0 bridgehead atoms. The van der Waals surface area contributed by atoms with Gasteiger partial charge in [-0.15, -0.1) is 0 Å². The second-order valence-corrected chi connectivity index (χ2v) is 6.02. The molecule has 0 radical (unpaired) electrons. The van der Waals surface area contributed by atoms with Gasteiger partial charge in [0.1, 0.15) is 0 Å². The van der Waals surface area contributed by atoms with Crippen LogP contribution in [0, 0.1) is 0 Å². The minimum atomic E-state index is 0.363. The van der Waals surface area contributed by atoms with Crippen molar-refractivity contribution in [3.8, 4) is 0 Å². The maximum Gasteiger partial charge on any atom is 0.0599 e. The van der Waals surface area contributed by atoms with Crippen LogP contribution >= 0.6 is 0 Å². The molecule has 1 aliphatic heterocycles. The highest BCUT2D eigenvalue weighted by Crippen LogP contribution is 2.26. The Hall–Kier alpha value is -1.36. The van der Waals surface area contributed by atoms with Crippen LogP contribution < -0.4 is 5.73 Å². The molecule has 4 nitrogen and oxygen atoms in total. The summed E-state index contributed by atoms with van der Waals surface area (Å²) in [7, 11) is 3.92. The van der Waals surface area contributed by atoms with Crippen molar-refractivity contribution in [3.05, 3.63) is 36.0 Å². The van der Waals surface area contributed by atoms with Crippen LogP contribution in [0.2, 0.25) is 0 Å². The number of para-hydroxylation sites is 1. The van der Waals surface area contributed by atoms with Crippen molar-refractivity contribution < 1.29 is 4.74 Å². The molecule has 3 rings (SSSR count). The highest BCUT2D eigenvalue weighted by atomic mass is 16.5. The van der Waals surface area contributed by atoms with Gasteiger partial charge in [-0.2, -0.15) is 0 Å². The Morgan fingerprint density at radius 3 is 2.90 bits per heavy atom. The zero-order valence-corrected chi connectivity index (χ0v) is 13.0. The first kappa shape index (κ1) is 14.6. The van der Waals surface area contributed by atoms with E-state index in [1.807, 2.05) is 0 Å². The highest BCUT2D eigenvalue weighted by Gasteiger charge is 2.28. The van der Waals surface area contributed by atoms with Crippen molar-refractivity contribution in [2.75, 3.05) is 20.2 Å². The van der Waals surface area contributed by atoms with Crippen LogP contribution in [0.4, 0.5) is 0 Å². The summed E-state index contributed by atoms with van der Waals surface area (Å²) in [6.07, 6.45) is 4.75. The first-order chi connectivity index (χ1) is 10.2. The summed E-state index contributed by atoms with van der Waals surface area (Å²) in [6.45, 7) is 2.73. The molecule has 1 aliphatic rings. The molecule has 2 N–H and O–H groups in total. The molecule has 1 saturated heterocycles. The Bertz CT molecular complexity index is 607. The predicted molar refractivity (Wildman–Crippen MR) is 86.2 cm³/mol. The molecule has 0 aliphatic carbocycles. The number of aryl methyl sites for hydroxylation is 1. The van der Waals surface area contributed by atoms with Crippen LogP contribution in [0.1, 0.15) is 18.4 Å². The molecule has 114 valence electrons. The third-order valence-electron chi connectivity index (χ3n) is 4.75. The van der Waals surface area contributed by atoms with Crippen molar-refractivity contribution in [1.82, 2.24) is 9.47 Å². The minimum absolute atomic E-state index is 0.363. The Labute approximate surface area is 126 Å². The predicted octanol–water partition coefficient (Wildman–Crippen LogP) is 2.12. The van der Waals surface area contributed by atoms with E-state index in [9.17, 15) is 0 Å². The molecule has 2 unspecified atom stereocenters. The van der Waals surface area contributed by atoms with Crippen LogP contribution in [0.15, 0.2) is 30.5 Å². The normalized spacial score (nSPS) is 23.8. The van der Waals surface area contributed by atoms with Crippen LogP contribution in [0.25, 0.3) is 10.9 Å². The number of methoxy groups -OCH3 is 1. The fourth-order valence-electron chi connectivity index (χ4n) is 3.50. The van der Waals surface area contributed by atoms with E-state index in [4.69, 9.17) is 10.5 Å². The SMILES string of the molecule is COC1CCN(Cc2cn(C)c3ccccc23)C(CN)C1. The van der Waals surface area contributed by atoms with Crippen molar-refractivity contribution in [2.24, 2.45) is 12.8 Å². The molecular formula is C17H25N3O. The molecule has 1 fully saturated rings. The summed E-state index contributed by atoms with van der Waals surface area (Å²) in [6, 6.07) is 9.02. The molecule has 2 heterocycles. The Morgan fingerprint density at radius 1 is 1.33 bits per heavy atom. The lowest BCUT2D eigenvalue weighted by atomic mass is 9.98. The Kier molecular flexibility index (Phi) is 4.29. The summed E-state index contributed by atoms with van der Waals surface area (Å²) < 4.78 is 7.72. The lowest BCUT2D eigenvalue weighted by Gasteiger charge is -2.38. The van der Waals surface area contributed by atoms with E-state index >= 15 is 0 Å². The zero-order valence-electron chi connectivity index (χ0n) is 13.0. The number of hydrogen-bond donors (Lipinski definition) is 1. The van der Waals surface area contributed by atoms with Gasteiger partial charge < -0.3 is 15.0 Å². The van der Waals surface area contributed by atoms with E-state index < -0.39 is 0 Å². The maximum atomic E-state index is 5.98. The third kappa shape index (κ3) is 2.84. The number of likely N-dealkylation sites (tertiary alicyclic amines) is 1. The number of benzene rings is 1. The van der Waals surface area contributed by atoms with Crippen molar-refractivity contribution in [2.45, 2.75) is 31.5 Å². The largest absolute Gasteiger partial charge is 0.381 e. The van der Waals surface area contributed by atoms with E-state index in [-0.39, 0.29) is 0 Å². The quantitative estimate of drug-likeness (QED) is 0.936. The molecule has 0 spiro atoms. The molecule has 0 amide bonds. The fourth-order valence-corrected chi connectivity index (χ4v) is 3.50. The number of nitrogens with two attached hydrogens (primary N) is 1. The number of aromatic nitrogens is 1. The lowest BCUT2D eigenvalue weighted by Crippen LogP contribution is -2.47. The average molecular weight is 287 g/mol. The monoisotopic (exact) mass is 287 g/mol. The van der Waals surface area contributed by atoms with E-state index in [1.165, 1.54) is 16.5 Å². The number of piperidine rings is 1. The molecule has 2 aromatic rings. The van der Waals surface area contributed by atoms with Crippen LogP contribution in [-0.2, 0) is 18.3 Å². The third-order valence-corrected chi connectivity index (χ3v) is 4.75. The number of nitrogens with zero attached hydrogens (tertiary/aromatic N) is 2. The summed E-state index contributed by atoms with van der Waals surface area (Å²) in [5.41, 5.74) is 8.67. The molecule has 1 aromatic heterocycles. The smallest absolute Gasteiger partial charge is 0.0599 e. The van der Waals surface area contributed by atoms with Gasteiger partial charge in [-0.25, -0.2) is 0 Å². The van der Waals surface area contributed by atoms with Gasteiger partial charge in [-0.1, -0.05) is 18.2 Å². The Morgan fingerprint density at radius 2 is 2.14 bits per heavy atom. The number of fused-ring (bicyclic) bond motifs is 1. The van der Waals surface area contributed by atoms with Gasteiger partial charge in [0.25, 0.3) is 0 Å². The van der Waals surface area contributed by atoms with E-state index in [1.54, 1.807) is 7.11 Å². The summed E-state index contributed by atoms with van der Waals surface area (Å²) in [4.78, 5) is 2.51. The molecule has 2 atom stereocenters. The van der Waals surface area contributed by atoms with Gasteiger partial charge in [0.05, 0.1) is 6.10 Å². The van der Waals surface area contributed by atoms with Crippen LogP contribution in [0.5, 0.6) is 0 Å². The lowest BCUT2D eigenvalue weighted by molar-refractivity contribution is 0.0103. The first-order valence-electron chi connectivity index (χ1n) is 7.72. The number of rotatable bonds is 4. The van der Waals surface area contributed by atoms with Crippen molar-refractivity contribution in [3.63, 3.8) is 0 Å².